The molecule has 16 heavy (non-hydrogen) atoms. The highest BCUT2D eigenvalue weighted by molar-refractivity contribution is 7.93. The van der Waals surface area contributed by atoms with Gasteiger partial charge in [0, 0.05) is 6.42 Å². The van der Waals surface area contributed by atoms with Crippen LogP contribution in [-0.4, -0.2) is 31.4 Å². The highest BCUT2D eigenvalue weighted by Gasteiger charge is 2.15. The molecule has 0 amide bonds. The summed E-state index contributed by atoms with van der Waals surface area (Å²) in [5, 5.41) is 8.83. The van der Waals surface area contributed by atoms with Crippen molar-refractivity contribution >= 4 is 22.6 Å². The van der Waals surface area contributed by atoms with Gasteiger partial charge in [-0.1, -0.05) is 30.3 Å². The van der Waals surface area contributed by atoms with Gasteiger partial charge in [0.25, 0.3) is 0 Å². The van der Waals surface area contributed by atoms with Crippen molar-refractivity contribution in [1.82, 2.24) is 0 Å². The molecule has 1 N–H and O–H groups in total. The molecule has 0 saturated carbocycles. The van der Waals surface area contributed by atoms with Crippen molar-refractivity contribution in [3.8, 4) is 0 Å². The van der Waals surface area contributed by atoms with Gasteiger partial charge < -0.3 is 9.66 Å². The van der Waals surface area contributed by atoms with Crippen LogP contribution in [-0.2, 0) is 22.3 Å². The molecule has 0 aliphatic heterocycles. The van der Waals surface area contributed by atoms with Gasteiger partial charge in [0.2, 0.25) is 0 Å². The Morgan fingerprint density at radius 3 is 2.62 bits per heavy atom. The maximum absolute atomic E-state index is 10.8. The van der Waals surface area contributed by atoms with E-state index in [2.05, 4.69) is 4.99 Å². The predicted octanol–water partition coefficient (Wildman–Crippen LogP) is 0.590. The van der Waals surface area contributed by atoms with E-state index in [1.807, 2.05) is 6.07 Å². The predicted molar refractivity (Wildman–Crippen MR) is 59.0 cm³/mol. The van der Waals surface area contributed by atoms with Crippen molar-refractivity contribution in [2.24, 2.45) is 4.99 Å². The molecule has 0 radical (unpaired) electrons. The van der Waals surface area contributed by atoms with Gasteiger partial charge in [-0.3, -0.25) is 9.20 Å². The summed E-state index contributed by atoms with van der Waals surface area (Å²) in [6.45, 7) is 0. The summed E-state index contributed by atoms with van der Waals surface area (Å²) in [6, 6.07) is 7.84. The van der Waals surface area contributed by atoms with Crippen LogP contribution in [0.5, 0.6) is 0 Å². The summed E-state index contributed by atoms with van der Waals surface area (Å²) < 4.78 is 20.5. The summed E-state index contributed by atoms with van der Waals surface area (Å²) in [5.41, 5.74) is 1.41. The first kappa shape index (κ1) is 12.5. The quantitative estimate of drug-likeness (QED) is 0.463. The second kappa shape index (κ2) is 6.14. The van der Waals surface area contributed by atoms with E-state index in [-0.39, 0.29) is 6.42 Å². The average molecular weight is 240 g/mol. The van der Waals surface area contributed by atoms with E-state index in [0.29, 0.717) is 5.55 Å². The molecule has 0 heterocycles. The van der Waals surface area contributed by atoms with Crippen molar-refractivity contribution < 1.29 is 18.7 Å². The number of hydrogen-bond acceptors (Lipinski definition) is 4. The molecule has 0 spiro atoms. The van der Waals surface area contributed by atoms with Crippen LogP contribution in [0.4, 0.5) is 0 Å². The van der Waals surface area contributed by atoms with Crippen LogP contribution >= 0.6 is 0 Å². The number of aliphatic carboxylic acids is 1. The van der Waals surface area contributed by atoms with Gasteiger partial charge in [0.15, 0.2) is 6.04 Å². The summed E-state index contributed by atoms with van der Waals surface area (Å²) in [4.78, 5) is 14.3. The topological polar surface area (TPSA) is 89.8 Å². The maximum atomic E-state index is 10.8. The molecule has 2 atom stereocenters. The van der Waals surface area contributed by atoms with Gasteiger partial charge in [-0.05, 0) is 16.6 Å². The standard InChI is InChI=1S/C10H11NO4S/c12-10(13)9(11-7-16(14)15)6-8-4-2-1-3-5-8/h1-5,7,9H,6H2,(H,12,13)(H,14,15)/p-1/t9-/m0/s1. The van der Waals surface area contributed by atoms with Crippen molar-refractivity contribution in [3.05, 3.63) is 35.9 Å². The number of nitrogens with zero attached hydrogens (tertiary/aromatic N) is 1. The second-order valence-corrected chi connectivity index (χ2v) is 3.79. The molecule has 0 aromatic heterocycles. The molecule has 0 saturated heterocycles. The SMILES string of the molecule is O=C(O)[C@H](Cc1ccccc1)N=CS(=O)[O-]. The molecule has 86 valence electrons. The van der Waals surface area contributed by atoms with Gasteiger partial charge in [-0.2, -0.15) is 0 Å². The lowest BCUT2D eigenvalue weighted by Crippen LogP contribution is -2.21. The number of hydrogen-bond donors (Lipinski definition) is 1. The third kappa shape index (κ3) is 4.33. The van der Waals surface area contributed by atoms with Crippen LogP contribution in [0.1, 0.15) is 5.56 Å². The summed E-state index contributed by atoms with van der Waals surface area (Å²) in [7, 11) is 0. The van der Waals surface area contributed by atoms with Crippen molar-refractivity contribution in [2.75, 3.05) is 0 Å². The molecule has 0 aliphatic carbocycles. The lowest BCUT2D eigenvalue weighted by molar-refractivity contribution is -0.138. The Hall–Kier alpha value is -1.53. The van der Waals surface area contributed by atoms with Crippen LogP contribution in [0.15, 0.2) is 35.3 Å². The Kier molecular flexibility index (Phi) is 4.81. The number of carbonyl (C=O) groups is 1. The first-order valence-corrected chi connectivity index (χ1v) is 5.61. The van der Waals surface area contributed by atoms with E-state index in [9.17, 15) is 13.6 Å². The molecule has 1 unspecified atom stereocenters. The normalized spacial score (nSPS) is 14.8. The monoisotopic (exact) mass is 240 g/mol. The van der Waals surface area contributed by atoms with Gasteiger partial charge in [-0.25, -0.2) is 4.79 Å². The molecular formula is C10H10NO4S-. The summed E-state index contributed by atoms with van der Waals surface area (Å²) >= 11 is -2.47. The number of benzene rings is 1. The van der Waals surface area contributed by atoms with Crippen molar-refractivity contribution in [1.29, 1.82) is 0 Å². The number of rotatable bonds is 5. The number of aliphatic imine (C=N–C) groups is 1. The van der Waals surface area contributed by atoms with Crippen LogP contribution in [0, 0.1) is 0 Å². The molecule has 0 bridgehead atoms. The van der Waals surface area contributed by atoms with Gasteiger partial charge in [0.05, 0.1) is 5.55 Å². The van der Waals surface area contributed by atoms with Gasteiger partial charge in [-0.15, -0.1) is 0 Å². The fourth-order valence-corrected chi connectivity index (χ4v) is 1.41. The third-order valence-electron chi connectivity index (χ3n) is 1.88. The molecule has 1 aromatic carbocycles. The largest absolute Gasteiger partial charge is 0.768 e. The van der Waals surface area contributed by atoms with E-state index >= 15 is 0 Å². The Bertz CT molecular complexity index is 405. The Morgan fingerprint density at radius 1 is 1.50 bits per heavy atom. The fraction of sp³-hybridized carbons (Fsp3) is 0.200. The van der Waals surface area contributed by atoms with E-state index in [1.165, 1.54) is 0 Å². The summed E-state index contributed by atoms with van der Waals surface area (Å²) in [6.07, 6.45) is 0.171. The van der Waals surface area contributed by atoms with Crippen LogP contribution < -0.4 is 0 Å². The molecule has 0 aliphatic rings. The van der Waals surface area contributed by atoms with Crippen LogP contribution in [0.25, 0.3) is 0 Å². The smallest absolute Gasteiger partial charge is 0.328 e. The molecular weight excluding hydrogens is 230 g/mol. The number of carboxylic acids is 1. The molecule has 1 aromatic rings. The molecule has 1 rings (SSSR count). The van der Waals surface area contributed by atoms with E-state index in [0.717, 1.165) is 5.56 Å². The lowest BCUT2D eigenvalue weighted by Gasteiger charge is -2.07. The zero-order chi connectivity index (χ0) is 12.0. The second-order valence-electron chi connectivity index (χ2n) is 3.06. The lowest BCUT2D eigenvalue weighted by atomic mass is 10.1. The minimum absolute atomic E-state index is 0.171. The molecule has 5 nitrogen and oxygen atoms in total. The Morgan fingerprint density at radius 2 is 2.12 bits per heavy atom. The fourth-order valence-electron chi connectivity index (χ4n) is 1.16. The van der Waals surface area contributed by atoms with Gasteiger partial charge in [0.1, 0.15) is 0 Å². The maximum Gasteiger partial charge on any atom is 0.328 e. The zero-order valence-corrected chi connectivity index (χ0v) is 9.09. The first-order chi connectivity index (χ1) is 7.59. The zero-order valence-electron chi connectivity index (χ0n) is 8.28. The third-order valence-corrected chi connectivity index (χ3v) is 2.18. The van der Waals surface area contributed by atoms with E-state index < -0.39 is 23.1 Å². The Labute approximate surface area is 95.1 Å². The van der Waals surface area contributed by atoms with Gasteiger partial charge >= 0.3 is 5.97 Å². The highest BCUT2D eigenvalue weighted by Crippen LogP contribution is 2.05. The highest BCUT2D eigenvalue weighted by atomic mass is 32.2. The van der Waals surface area contributed by atoms with Crippen molar-refractivity contribution in [3.63, 3.8) is 0 Å². The van der Waals surface area contributed by atoms with Crippen LogP contribution in [0.2, 0.25) is 0 Å². The van der Waals surface area contributed by atoms with E-state index in [4.69, 9.17) is 5.11 Å². The van der Waals surface area contributed by atoms with E-state index in [1.54, 1.807) is 24.3 Å². The molecule has 0 fully saturated rings. The molecule has 6 heteroatoms. The Balaban J connectivity index is 2.73. The average Bonchev–Trinajstić information content (AvgIpc) is 2.25. The van der Waals surface area contributed by atoms with Crippen LogP contribution in [0.3, 0.4) is 0 Å². The summed E-state index contributed by atoms with van der Waals surface area (Å²) in [5.74, 6) is -1.15. The first-order valence-electron chi connectivity index (χ1n) is 4.47. The minimum Gasteiger partial charge on any atom is -0.768 e. The minimum atomic E-state index is -2.47. The number of carboxylic acid groups (broad SMARTS) is 1. The van der Waals surface area contributed by atoms with Crippen molar-refractivity contribution in [2.45, 2.75) is 12.5 Å².